The largest absolute Gasteiger partial charge is 0.354 e. The predicted octanol–water partition coefficient (Wildman–Crippen LogP) is 4.56. The third-order valence-electron chi connectivity index (χ3n) is 4.45. The molecule has 0 aromatic carbocycles. The molecule has 0 saturated carbocycles. The smallest absolute Gasteiger partial charge is 0.296 e. The fourth-order valence-electron chi connectivity index (χ4n) is 3.14. The Morgan fingerprint density at radius 3 is 2.07 bits per heavy atom. The van der Waals surface area contributed by atoms with Crippen LogP contribution in [0.3, 0.4) is 0 Å². The Morgan fingerprint density at radius 2 is 1.41 bits per heavy atom. The molecule has 5 rings (SSSR count). The van der Waals surface area contributed by atoms with Crippen LogP contribution in [0, 0.1) is 10.1 Å². The summed E-state index contributed by atoms with van der Waals surface area (Å²) in [5.74, 6) is 0. The van der Waals surface area contributed by atoms with Crippen molar-refractivity contribution in [3.8, 4) is 0 Å². The van der Waals surface area contributed by atoms with Gasteiger partial charge in [0, 0.05) is 17.1 Å². The van der Waals surface area contributed by atoms with E-state index < -0.39 is 0 Å². The van der Waals surface area contributed by atoms with Crippen LogP contribution in [0.15, 0.2) is 42.5 Å². The summed E-state index contributed by atoms with van der Waals surface area (Å²) in [6.07, 6.45) is 7.67. The Bertz CT molecular complexity index is 1310. The molecule has 0 atom stereocenters. The molecule has 2 aliphatic heterocycles. The molecule has 3 aromatic rings. The highest BCUT2D eigenvalue weighted by Crippen LogP contribution is 2.25. The lowest BCUT2D eigenvalue weighted by atomic mass is 10.3. The van der Waals surface area contributed by atoms with Gasteiger partial charge in [0.05, 0.1) is 33.2 Å². The Kier molecular flexibility index (Phi) is 3.26. The first kappa shape index (κ1) is 15.3. The monoisotopic (exact) mass is 355 g/mol. The number of aromatic nitrogens is 4. The molecule has 2 aliphatic rings. The van der Waals surface area contributed by atoms with Gasteiger partial charge in [-0.1, -0.05) is 0 Å². The molecule has 27 heavy (non-hydrogen) atoms. The summed E-state index contributed by atoms with van der Waals surface area (Å²) in [5.41, 5.74) is 5.77. The van der Waals surface area contributed by atoms with Gasteiger partial charge in [0.1, 0.15) is 5.52 Å². The van der Waals surface area contributed by atoms with Gasteiger partial charge in [0.2, 0.25) is 0 Å². The lowest BCUT2D eigenvalue weighted by Gasteiger charge is -1.87. The second-order valence-electron chi connectivity index (χ2n) is 6.25. The summed E-state index contributed by atoms with van der Waals surface area (Å²) in [7, 11) is 0. The van der Waals surface area contributed by atoms with Crippen LogP contribution >= 0.6 is 0 Å². The highest BCUT2D eigenvalue weighted by Gasteiger charge is 2.14. The summed E-state index contributed by atoms with van der Waals surface area (Å²) < 4.78 is 0. The number of H-pyrrole nitrogens is 2. The van der Waals surface area contributed by atoms with Gasteiger partial charge < -0.3 is 9.97 Å². The average Bonchev–Trinajstić information content (AvgIpc) is 3.43. The van der Waals surface area contributed by atoms with Gasteiger partial charge in [-0.05, 0) is 60.7 Å². The fraction of sp³-hybridized carbons (Fsp3) is 0. The van der Waals surface area contributed by atoms with E-state index in [0.29, 0.717) is 16.6 Å². The highest BCUT2D eigenvalue weighted by molar-refractivity contribution is 5.89. The van der Waals surface area contributed by atoms with Crippen molar-refractivity contribution in [1.82, 2.24) is 19.9 Å². The molecule has 130 valence electrons. The first-order valence-corrected chi connectivity index (χ1v) is 8.36. The van der Waals surface area contributed by atoms with E-state index in [9.17, 15) is 10.1 Å². The van der Waals surface area contributed by atoms with E-state index in [1.54, 1.807) is 6.07 Å². The van der Waals surface area contributed by atoms with Gasteiger partial charge >= 0.3 is 0 Å². The summed E-state index contributed by atoms with van der Waals surface area (Å²) in [6.45, 7) is 0. The quantitative estimate of drug-likeness (QED) is 0.340. The molecule has 7 heteroatoms. The Labute approximate surface area is 152 Å². The normalized spacial score (nSPS) is 12.4. The predicted molar refractivity (Wildman–Crippen MR) is 106 cm³/mol. The van der Waals surface area contributed by atoms with Crippen molar-refractivity contribution < 1.29 is 4.92 Å². The van der Waals surface area contributed by atoms with Gasteiger partial charge in [0.25, 0.3) is 5.69 Å². The van der Waals surface area contributed by atoms with E-state index >= 15 is 0 Å². The standard InChI is InChI=1S/C20H13N5O2/c26-25(27)19-11-15-4-3-13-6-9-17(22-13)16-8-5-12(21-16)1-2-14-7-10-18(23-14)20(19)24-15/h1-11,23-24H. The molecule has 0 aliphatic carbocycles. The lowest BCUT2D eigenvalue weighted by molar-refractivity contribution is -0.382. The van der Waals surface area contributed by atoms with Crippen molar-refractivity contribution in [3.05, 3.63) is 75.4 Å². The molecular formula is C20H13N5O2. The molecule has 2 N–H and O–H groups in total. The van der Waals surface area contributed by atoms with E-state index in [0.717, 1.165) is 28.3 Å². The van der Waals surface area contributed by atoms with Crippen molar-refractivity contribution in [3.63, 3.8) is 0 Å². The molecule has 0 radical (unpaired) electrons. The minimum Gasteiger partial charge on any atom is -0.354 e. The van der Waals surface area contributed by atoms with Crippen molar-refractivity contribution in [2.24, 2.45) is 0 Å². The summed E-state index contributed by atoms with van der Waals surface area (Å²) in [4.78, 5) is 26.5. The van der Waals surface area contributed by atoms with E-state index in [2.05, 4.69) is 19.9 Å². The van der Waals surface area contributed by atoms with Crippen LogP contribution in [-0.4, -0.2) is 24.9 Å². The first-order chi connectivity index (χ1) is 13.2. The number of nitrogens with zero attached hydrogens (tertiary/aromatic N) is 3. The van der Waals surface area contributed by atoms with E-state index in [1.807, 2.05) is 54.6 Å². The molecule has 0 spiro atoms. The molecule has 0 amide bonds. The fourth-order valence-corrected chi connectivity index (χ4v) is 3.14. The molecule has 8 bridgehead atoms. The van der Waals surface area contributed by atoms with Crippen LogP contribution in [0.5, 0.6) is 0 Å². The number of nitro groups is 1. The highest BCUT2D eigenvalue weighted by atomic mass is 16.6. The van der Waals surface area contributed by atoms with Crippen LogP contribution < -0.4 is 0 Å². The van der Waals surface area contributed by atoms with Crippen molar-refractivity contribution in [2.75, 3.05) is 0 Å². The lowest BCUT2D eigenvalue weighted by Crippen LogP contribution is -1.85. The van der Waals surface area contributed by atoms with E-state index in [1.165, 1.54) is 6.07 Å². The molecule has 3 aromatic heterocycles. The van der Waals surface area contributed by atoms with Crippen molar-refractivity contribution in [2.45, 2.75) is 0 Å². The first-order valence-electron chi connectivity index (χ1n) is 8.36. The number of fused-ring (bicyclic) bond motifs is 10. The van der Waals surface area contributed by atoms with Crippen molar-refractivity contribution >= 4 is 52.1 Å². The third-order valence-corrected chi connectivity index (χ3v) is 4.45. The van der Waals surface area contributed by atoms with Gasteiger partial charge in [-0.25, -0.2) is 9.97 Å². The van der Waals surface area contributed by atoms with Gasteiger partial charge in [-0.15, -0.1) is 0 Å². The number of rotatable bonds is 1. The Hall–Kier alpha value is -4.00. The van der Waals surface area contributed by atoms with Gasteiger partial charge in [0.15, 0.2) is 0 Å². The van der Waals surface area contributed by atoms with E-state index in [4.69, 9.17) is 0 Å². The maximum absolute atomic E-state index is 11.5. The zero-order chi connectivity index (χ0) is 18.4. The van der Waals surface area contributed by atoms with Crippen LogP contribution in [0.2, 0.25) is 0 Å². The zero-order valence-electron chi connectivity index (χ0n) is 14.0. The number of aromatic amines is 2. The molecule has 5 heterocycles. The minimum atomic E-state index is -0.387. The molecular weight excluding hydrogens is 342 g/mol. The molecule has 0 fully saturated rings. The maximum Gasteiger partial charge on any atom is 0.296 e. The average molecular weight is 355 g/mol. The minimum absolute atomic E-state index is 0.0226. The third kappa shape index (κ3) is 2.71. The second-order valence-corrected chi connectivity index (χ2v) is 6.25. The van der Waals surface area contributed by atoms with Crippen LogP contribution in [0.25, 0.3) is 46.4 Å². The number of hydrogen-bond acceptors (Lipinski definition) is 4. The molecule has 0 saturated heterocycles. The van der Waals surface area contributed by atoms with Crippen LogP contribution in [0.4, 0.5) is 5.69 Å². The maximum atomic E-state index is 11.5. The number of nitrogens with one attached hydrogen (secondary N) is 2. The molecule has 0 unspecified atom stereocenters. The summed E-state index contributed by atoms with van der Waals surface area (Å²) in [6, 6.07) is 12.6. The zero-order valence-corrected chi connectivity index (χ0v) is 14.0. The second kappa shape index (κ2) is 5.77. The van der Waals surface area contributed by atoms with Gasteiger partial charge in [-0.2, -0.15) is 0 Å². The summed E-state index contributed by atoms with van der Waals surface area (Å²) >= 11 is 0. The Morgan fingerprint density at radius 1 is 0.778 bits per heavy atom. The SMILES string of the molecule is O=[N+]([O-])c1cc2ccc3nc(c4nc(ccc5ccc([nH]5)c1[nH]2)C=C4)C=C3. The van der Waals surface area contributed by atoms with Crippen LogP contribution in [-0.2, 0) is 0 Å². The van der Waals surface area contributed by atoms with Gasteiger partial charge in [-0.3, -0.25) is 10.1 Å². The van der Waals surface area contributed by atoms with Crippen molar-refractivity contribution in [1.29, 1.82) is 0 Å². The Balaban J connectivity index is 1.88. The summed E-state index contributed by atoms with van der Waals surface area (Å²) in [5, 5.41) is 11.5. The number of hydrogen-bond donors (Lipinski definition) is 2. The topological polar surface area (TPSA) is 100 Å². The van der Waals surface area contributed by atoms with Crippen LogP contribution in [0.1, 0.15) is 22.8 Å². The van der Waals surface area contributed by atoms with E-state index in [-0.39, 0.29) is 10.6 Å². The molecule has 7 nitrogen and oxygen atoms in total.